The van der Waals surface area contributed by atoms with Crippen LogP contribution in [0.2, 0.25) is 0 Å². The third-order valence-electron chi connectivity index (χ3n) is 2.50. The van der Waals surface area contributed by atoms with E-state index in [0.717, 1.165) is 5.56 Å². The smallest absolute Gasteiger partial charge is 0.238 e. The molecule has 1 amide bonds. The Morgan fingerprint density at radius 3 is 2.30 bits per heavy atom. The molecule has 0 aliphatic rings. The molecule has 0 saturated heterocycles. The van der Waals surface area contributed by atoms with E-state index in [1.807, 2.05) is 0 Å². The molecule has 0 spiro atoms. The Labute approximate surface area is 125 Å². The molecule has 114 valence electrons. The predicted molar refractivity (Wildman–Crippen MR) is 80.0 cm³/mol. The molecule has 0 aliphatic heterocycles. The number of rotatable bonds is 6. The molecule has 0 fully saturated rings. The van der Waals surface area contributed by atoms with Gasteiger partial charge in [-0.15, -0.1) is 12.4 Å². The standard InChI is InChI=1S/C12H19N3O3S.ClH/c1-9(13)8-12(16)15-7-6-10-2-4-11(5-3-10)19(14,17)18;/h2-5,9H,6-8,13H2,1H3,(H,15,16)(H2,14,17,18);1H. The number of nitrogens with one attached hydrogen (secondary N) is 1. The van der Waals surface area contributed by atoms with Crippen molar-refractivity contribution in [1.29, 1.82) is 0 Å². The fourth-order valence-electron chi connectivity index (χ4n) is 1.56. The summed E-state index contributed by atoms with van der Waals surface area (Å²) in [7, 11) is -3.65. The first-order chi connectivity index (χ1) is 8.79. The van der Waals surface area contributed by atoms with Crippen molar-refractivity contribution in [2.24, 2.45) is 10.9 Å². The molecule has 0 bridgehead atoms. The minimum atomic E-state index is -3.65. The molecular formula is C12H20ClN3O3S. The van der Waals surface area contributed by atoms with Crippen LogP contribution in [0.15, 0.2) is 29.2 Å². The normalized spacial score (nSPS) is 12.3. The molecular weight excluding hydrogens is 302 g/mol. The average Bonchev–Trinajstić information content (AvgIpc) is 2.27. The van der Waals surface area contributed by atoms with E-state index in [1.165, 1.54) is 12.1 Å². The quantitative estimate of drug-likeness (QED) is 0.691. The van der Waals surface area contributed by atoms with Crippen molar-refractivity contribution < 1.29 is 13.2 Å². The third kappa shape index (κ3) is 6.85. The first-order valence-corrected chi connectivity index (χ1v) is 7.47. The van der Waals surface area contributed by atoms with Crippen molar-refractivity contribution in [3.8, 4) is 0 Å². The molecule has 1 aromatic carbocycles. The summed E-state index contributed by atoms with van der Waals surface area (Å²) in [5, 5.41) is 7.74. The highest BCUT2D eigenvalue weighted by atomic mass is 35.5. The minimum Gasteiger partial charge on any atom is -0.356 e. The lowest BCUT2D eigenvalue weighted by atomic mass is 10.1. The molecule has 5 N–H and O–H groups in total. The molecule has 8 heteroatoms. The molecule has 6 nitrogen and oxygen atoms in total. The lowest BCUT2D eigenvalue weighted by Gasteiger charge is -2.07. The number of nitrogens with two attached hydrogens (primary N) is 2. The molecule has 0 aromatic heterocycles. The number of carbonyl (C=O) groups is 1. The van der Waals surface area contributed by atoms with Gasteiger partial charge in [-0.05, 0) is 31.0 Å². The van der Waals surface area contributed by atoms with Gasteiger partial charge in [-0.3, -0.25) is 4.79 Å². The summed E-state index contributed by atoms with van der Waals surface area (Å²) in [5.41, 5.74) is 6.43. The number of halogens is 1. The fourth-order valence-corrected chi connectivity index (χ4v) is 2.07. The summed E-state index contributed by atoms with van der Waals surface area (Å²) in [6.45, 7) is 2.26. The molecule has 1 atom stereocenters. The first-order valence-electron chi connectivity index (χ1n) is 5.93. The van der Waals surface area contributed by atoms with Gasteiger partial charge in [0.05, 0.1) is 4.90 Å². The van der Waals surface area contributed by atoms with Crippen LogP contribution >= 0.6 is 12.4 Å². The van der Waals surface area contributed by atoms with E-state index in [9.17, 15) is 13.2 Å². The van der Waals surface area contributed by atoms with Crippen LogP contribution in [0.5, 0.6) is 0 Å². The highest BCUT2D eigenvalue weighted by Gasteiger charge is 2.07. The van der Waals surface area contributed by atoms with E-state index in [2.05, 4.69) is 5.32 Å². The number of amides is 1. The van der Waals surface area contributed by atoms with Gasteiger partial charge in [-0.1, -0.05) is 12.1 Å². The summed E-state index contributed by atoms with van der Waals surface area (Å²) in [6, 6.07) is 6.10. The van der Waals surface area contributed by atoms with Crippen molar-refractivity contribution in [3.63, 3.8) is 0 Å². The second-order valence-corrected chi connectivity index (χ2v) is 6.03. The lowest BCUT2D eigenvalue weighted by molar-refractivity contribution is -0.121. The van der Waals surface area contributed by atoms with E-state index < -0.39 is 10.0 Å². The predicted octanol–water partition coefficient (Wildman–Crippen LogP) is 0.152. The number of sulfonamides is 1. The van der Waals surface area contributed by atoms with Gasteiger partial charge < -0.3 is 11.1 Å². The van der Waals surface area contributed by atoms with Crippen LogP contribution < -0.4 is 16.2 Å². The Hall–Kier alpha value is -1.15. The van der Waals surface area contributed by atoms with Crippen molar-refractivity contribution >= 4 is 28.3 Å². The van der Waals surface area contributed by atoms with Crippen molar-refractivity contribution in [2.75, 3.05) is 6.54 Å². The lowest BCUT2D eigenvalue weighted by Crippen LogP contribution is -2.31. The van der Waals surface area contributed by atoms with Crippen LogP contribution in [0.25, 0.3) is 0 Å². The van der Waals surface area contributed by atoms with Crippen LogP contribution in [0.4, 0.5) is 0 Å². The number of benzene rings is 1. The Bertz CT molecular complexity index is 529. The first kappa shape index (κ1) is 18.9. The van der Waals surface area contributed by atoms with Crippen molar-refractivity contribution in [2.45, 2.75) is 30.7 Å². The molecule has 0 radical (unpaired) electrons. The summed E-state index contributed by atoms with van der Waals surface area (Å²) in [4.78, 5) is 11.4. The van der Waals surface area contributed by atoms with Crippen LogP contribution in [0, 0.1) is 0 Å². The number of primary sulfonamides is 1. The molecule has 20 heavy (non-hydrogen) atoms. The summed E-state index contributed by atoms with van der Waals surface area (Å²) in [5.74, 6) is -0.0869. The minimum absolute atomic E-state index is 0. The van der Waals surface area contributed by atoms with E-state index in [4.69, 9.17) is 10.9 Å². The SMILES string of the molecule is CC(N)CC(=O)NCCc1ccc(S(N)(=O)=O)cc1.Cl. The summed E-state index contributed by atoms with van der Waals surface area (Å²) >= 11 is 0. The number of hydrogen-bond acceptors (Lipinski definition) is 4. The maximum atomic E-state index is 11.3. The Morgan fingerprint density at radius 1 is 1.30 bits per heavy atom. The van der Waals surface area contributed by atoms with Gasteiger partial charge >= 0.3 is 0 Å². The number of carbonyl (C=O) groups excluding carboxylic acids is 1. The fraction of sp³-hybridized carbons (Fsp3) is 0.417. The van der Waals surface area contributed by atoms with Gasteiger partial charge in [0.15, 0.2) is 0 Å². The molecule has 0 aliphatic carbocycles. The van der Waals surface area contributed by atoms with Gasteiger partial charge in [-0.25, -0.2) is 13.6 Å². The van der Waals surface area contributed by atoms with Crippen LogP contribution in [0.3, 0.4) is 0 Å². The van der Waals surface area contributed by atoms with Crippen LogP contribution in [0.1, 0.15) is 18.9 Å². The van der Waals surface area contributed by atoms with E-state index in [0.29, 0.717) is 19.4 Å². The highest BCUT2D eigenvalue weighted by molar-refractivity contribution is 7.89. The Kier molecular flexibility index (Phi) is 7.74. The van der Waals surface area contributed by atoms with Crippen LogP contribution in [-0.4, -0.2) is 26.9 Å². The van der Waals surface area contributed by atoms with Gasteiger partial charge in [-0.2, -0.15) is 0 Å². The van der Waals surface area contributed by atoms with Gasteiger partial charge in [0.2, 0.25) is 15.9 Å². The molecule has 1 aromatic rings. The largest absolute Gasteiger partial charge is 0.356 e. The second kappa shape index (κ2) is 8.21. The maximum absolute atomic E-state index is 11.3. The van der Waals surface area contributed by atoms with E-state index in [1.54, 1.807) is 19.1 Å². The van der Waals surface area contributed by atoms with Gasteiger partial charge in [0.1, 0.15) is 0 Å². The Balaban J connectivity index is 0.00000361. The summed E-state index contributed by atoms with van der Waals surface area (Å²) < 4.78 is 22.1. The number of hydrogen-bond donors (Lipinski definition) is 3. The van der Waals surface area contributed by atoms with Gasteiger partial charge in [0.25, 0.3) is 0 Å². The molecule has 0 heterocycles. The molecule has 0 saturated carbocycles. The van der Waals surface area contributed by atoms with Crippen molar-refractivity contribution in [1.82, 2.24) is 5.32 Å². The topological polar surface area (TPSA) is 115 Å². The van der Waals surface area contributed by atoms with E-state index in [-0.39, 0.29) is 29.3 Å². The maximum Gasteiger partial charge on any atom is 0.238 e. The summed E-state index contributed by atoms with van der Waals surface area (Å²) in [6.07, 6.45) is 0.917. The second-order valence-electron chi connectivity index (χ2n) is 4.47. The van der Waals surface area contributed by atoms with Gasteiger partial charge in [0, 0.05) is 19.0 Å². The van der Waals surface area contributed by atoms with Crippen LogP contribution in [-0.2, 0) is 21.2 Å². The Morgan fingerprint density at radius 2 is 1.85 bits per heavy atom. The van der Waals surface area contributed by atoms with E-state index >= 15 is 0 Å². The third-order valence-corrected chi connectivity index (χ3v) is 3.42. The zero-order valence-electron chi connectivity index (χ0n) is 11.2. The highest BCUT2D eigenvalue weighted by Crippen LogP contribution is 2.08. The zero-order chi connectivity index (χ0) is 14.5. The average molecular weight is 322 g/mol. The molecule has 1 unspecified atom stereocenters. The zero-order valence-corrected chi connectivity index (χ0v) is 12.8. The molecule has 1 rings (SSSR count). The monoisotopic (exact) mass is 321 g/mol. The van der Waals surface area contributed by atoms with Crippen molar-refractivity contribution in [3.05, 3.63) is 29.8 Å².